The Bertz CT molecular complexity index is 1490. The maximum atomic E-state index is 14.3. The van der Waals surface area contributed by atoms with Gasteiger partial charge in [0.05, 0.1) is 12.1 Å². The van der Waals surface area contributed by atoms with Gasteiger partial charge in [-0.15, -0.1) is 0 Å². The fourth-order valence-electron chi connectivity index (χ4n) is 5.03. The minimum atomic E-state index is -1.07. The number of rotatable bonds is 5. The normalized spacial score (nSPS) is 18.7. The molecule has 1 aliphatic heterocycles. The minimum absolute atomic E-state index is 0.0408. The Hall–Kier alpha value is -3.91. The van der Waals surface area contributed by atoms with Crippen LogP contribution in [0, 0.1) is 11.6 Å². The van der Waals surface area contributed by atoms with Crippen LogP contribution in [0.25, 0.3) is 16.6 Å². The summed E-state index contributed by atoms with van der Waals surface area (Å²) in [6, 6.07) is 15.8. The molecule has 36 heavy (non-hydrogen) atoms. The molecule has 0 aliphatic carbocycles. The van der Waals surface area contributed by atoms with Crippen LogP contribution in [0.3, 0.4) is 0 Å². The molecule has 4 aromatic rings. The summed E-state index contributed by atoms with van der Waals surface area (Å²) in [6.07, 6.45) is 0. The molecule has 0 saturated carbocycles. The summed E-state index contributed by atoms with van der Waals surface area (Å²) in [5.74, 6) is -2.54. The van der Waals surface area contributed by atoms with Crippen LogP contribution in [0.5, 0.6) is 11.5 Å². The summed E-state index contributed by atoms with van der Waals surface area (Å²) in [4.78, 5) is 10.8. The van der Waals surface area contributed by atoms with Crippen LogP contribution in [0.15, 0.2) is 60.7 Å². The third kappa shape index (κ3) is 3.69. The third-order valence-corrected chi connectivity index (χ3v) is 6.74. The molecule has 8 heteroatoms. The van der Waals surface area contributed by atoms with E-state index in [0.29, 0.717) is 28.9 Å². The second-order valence-corrected chi connectivity index (χ2v) is 9.74. The lowest BCUT2D eigenvalue weighted by Gasteiger charge is -2.43. The lowest BCUT2D eigenvalue weighted by Crippen LogP contribution is -2.43. The molecule has 1 atom stereocenters. The van der Waals surface area contributed by atoms with Crippen LogP contribution in [0.2, 0.25) is 0 Å². The Morgan fingerprint density at radius 1 is 1.06 bits per heavy atom. The number of aromatic hydroxyl groups is 1. The minimum Gasteiger partial charge on any atom is -0.507 e. The van der Waals surface area contributed by atoms with Gasteiger partial charge >= 0.3 is 5.97 Å². The van der Waals surface area contributed by atoms with Crippen LogP contribution >= 0.6 is 0 Å². The maximum Gasteiger partial charge on any atom is 0.341 e. The number of phenolic OH excluding ortho intramolecular Hbond substituents is 1. The quantitative estimate of drug-likeness (QED) is 0.376. The molecule has 0 saturated heterocycles. The van der Waals surface area contributed by atoms with E-state index in [4.69, 9.17) is 14.6 Å². The van der Waals surface area contributed by atoms with E-state index in [2.05, 4.69) is 0 Å². The van der Waals surface area contributed by atoms with E-state index in [1.165, 1.54) is 6.07 Å². The van der Waals surface area contributed by atoms with Gasteiger partial charge in [0.1, 0.15) is 17.1 Å². The molecule has 0 fully saturated rings. The average Bonchev–Trinajstić information content (AvgIpc) is 3.21. The number of halogens is 2. The molecular weight excluding hydrogens is 468 g/mol. The molecule has 6 nitrogen and oxygen atoms in total. The number of fused-ring (bicyclic) bond motifs is 3. The Labute approximate surface area is 206 Å². The van der Waals surface area contributed by atoms with E-state index in [9.17, 15) is 18.7 Å². The highest BCUT2D eigenvalue weighted by Crippen LogP contribution is 2.52. The predicted octanol–water partition coefficient (Wildman–Crippen LogP) is 5.65. The van der Waals surface area contributed by atoms with Crippen LogP contribution in [-0.4, -0.2) is 34.0 Å². The average molecular weight is 494 g/mol. The summed E-state index contributed by atoms with van der Waals surface area (Å²) in [5.41, 5.74) is 1.79. The molecule has 2 N–H and O–H groups in total. The highest BCUT2D eigenvalue weighted by atomic mass is 19.2. The van der Waals surface area contributed by atoms with Crippen molar-refractivity contribution in [3.63, 3.8) is 0 Å². The van der Waals surface area contributed by atoms with E-state index in [1.807, 2.05) is 31.4 Å². The Kier molecular flexibility index (Phi) is 5.52. The zero-order valence-electron chi connectivity index (χ0n) is 20.0. The van der Waals surface area contributed by atoms with Crippen molar-refractivity contribution in [2.24, 2.45) is 0 Å². The first kappa shape index (κ1) is 23.8. The first-order valence-electron chi connectivity index (χ1n) is 11.4. The van der Waals surface area contributed by atoms with Gasteiger partial charge in [0, 0.05) is 33.8 Å². The highest BCUT2D eigenvalue weighted by Gasteiger charge is 2.47. The first-order valence-corrected chi connectivity index (χ1v) is 11.4. The molecule has 1 unspecified atom stereocenters. The zero-order chi connectivity index (χ0) is 25.8. The van der Waals surface area contributed by atoms with Crippen molar-refractivity contribution < 1.29 is 33.3 Å². The van der Waals surface area contributed by atoms with Gasteiger partial charge in [0.2, 0.25) is 0 Å². The highest BCUT2D eigenvalue weighted by molar-refractivity contribution is 5.94. The van der Waals surface area contributed by atoms with E-state index >= 15 is 0 Å². The molecule has 186 valence electrons. The van der Waals surface area contributed by atoms with E-state index < -0.39 is 35.2 Å². The van der Waals surface area contributed by atoms with Crippen LogP contribution in [0.4, 0.5) is 8.78 Å². The number of benzene rings is 3. The van der Waals surface area contributed by atoms with Crippen molar-refractivity contribution in [1.82, 2.24) is 4.57 Å². The number of hydrogen-bond donors (Lipinski definition) is 2. The number of carboxylic acid groups (broad SMARTS) is 1. The maximum absolute atomic E-state index is 14.3. The lowest BCUT2D eigenvalue weighted by atomic mass is 9.75. The van der Waals surface area contributed by atoms with Gasteiger partial charge in [0.15, 0.2) is 18.2 Å². The molecule has 0 radical (unpaired) electrons. The first-order chi connectivity index (χ1) is 17.0. The number of carbonyl (C=O) groups is 1. The molecule has 2 heterocycles. The van der Waals surface area contributed by atoms with Crippen molar-refractivity contribution >= 4 is 16.9 Å². The van der Waals surface area contributed by atoms with Crippen LogP contribution in [0.1, 0.15) is 37.6 Å². The number of aliphatic carboxylic acids is 1. The van der Waals surface area contributed by atoms with Crippen molar-refractivity contribution in [3.8, 4) is 17.2 Å². The Morgan fingerprint density at radius 3 is 2.44 bits per heavy atom. The molecule has 0 amide bonds. The Morgan fingerprint density at radius 2 is 1.78 bits per heavy atom. The molecule has 1 aliphatic rings. The molecule has 0 spiro atoms. The molecule has 0 bridgehead atoms. The van der Waals surface area contributed by atoms with E-state index in [1.54, 1.807) is 36.4 Å². The fourth-order valence-corrected chi connectivity index (χ4v) is 5.03. The van der Waals surface area contributed by atoms with E-state index in [-0.39, 0.29) is 5.75 Å². The second kappa shape index (κ2) is 8.34. The summed E-state index contributed by atoms with van der Waals surface area (Å²) >= 11 is 0. The summed E-state index contributed by atoms with van der Waals surface area (Å²) in [5, 5.41) is 20.4. The van der Waals surface area contributed by atoms with Gasteiger partial charge in [-0.2, -0.15) is 0 Å². The number of aromatic nitrogens is 1. The monoisotopic (exact) mass is 493 g/mol. The van der Waals surface area contributed by atoms with Crippen molar-refractivity contribution in [2.45, 2.75) is 31.8 Å². The summed E-state index contributed by atoms with van der Waals surface area (Å²) in [7, 11) is 0. The smallest absolute Gasteiger partial charge is 0.341 e. The predicted molar refractivity (Wildman–Crippen MR) is 130 cm³/mol. The third-order valence-electron chi connectivity index (χ3n) is 6.74. The van der Waals surface area contributed by atoms with Crippen LogP contribution in [-0.2, 0) is 20.5 Å². The summed E-state index contributed by atoms with van der Waals surface area (Å²) < 4.78 is 41.7. The fraction of sp³-hybridized carbons (Fsp3) is 0.250. The van der Waals surface area contributed by atoms with Gasteiger partial charge in [-0.1, -0.05) is 32.0 Å². The van der Waals surface area contributed by atoms with Crippen LogP contribution < -0.4 is 4.74 Å². The zero-order valence-corrected chi connectivity index (χ0v) is 20.0. The largest absolute Gasteiger partial charge is 0.507 e. The number of phenols is 1. The standard InChI is InChI=1S/C28H25F2NO5/c1-27(2)15-36-28(3,16-7-10-18(11-8-16)35-14-23(33)34)25-24-21(5-4-6-22(24)32)31(26(25)27)17-9-12-19(29)20(30)13-17/h4-13,32H,14-15H2,1-3H3,(H,33,34). The van der Waals surface area contributed by atoms with Gasteiger partial charge in [-0.3, -0.25) is 0 Å². The number of hydrogen-bond acceptors (Lipinski definition) is 4. The van der Waals surface area contributed by atoms with Gasteiger partial charge in [0.25, 0.3) is 0 Å². The molecular formula is C28H25F2NO5. The summed E-state index contributed by atoms with van der Waals surface area (Å²) in [6.45, 7) is 5.76. The lowest BCUT2D eigenvalue weighted by molar-refractivity contribution is -0.139. The van der Waals surface area contributed by atoms with Crippen molar-refractivity contribution in [2.75, 3.05) is 13.2 Å². The Balaban J connectivity index is 1.78. The second-order valence-electron chi connectivity index (χ2n) is 9.74. The molecule has 3 aromatic carbocycles. The van der Waals surface area contributed by atoms with Gasteiger partial charge < -0.3 is 24.3 Å². The number of nitrogens with zero attached hydrogens (tertiary/aromatic N) is 1. The number of carboxylic acids is 1. The van der Waals surface area contributed by atoms with E-state index in [0.717, 1.165) is 29.0 Å². The molecule has 1 aromatic heterocycles. The van der Waals surface area contributed by atoms with Crippen molar-refractivity contribution in [1.29, 1.82) is 0 Å². The molecule has 5 rings (SSSR count). The number of ether oxygens (including phenoxy) is 2. The van der Waals surface area contributed by atoms with Gasteiger partial charge in [-0.05, 0) is 48.9 Å². The van der Waals surface area contributed by atoms with Gasteiger partial charge in [-0.25, -0.2) is 13.6 Å². The SMILES string of the molecule is CC1(C)COC(C)(c2ccc(OCC(=O)O)cc2)c2c1n(-c1ccc(F)c(F)c1)c1cccc(O)c21. The van der Waals surface area contributed by atoms with Crippen molar-refractivity contribution in [3.05, 3.63) is 89.1 Å². The topological polar surface area (TPSA) is 80.9 Å².